The van der Waals surface area contributed by atoms with Crippen LogP contribution in [-0.4, -0.2) is 29.1 Å². The molecule has 0 amide bonds. The fourth-order valence-corrected chi connectivity index (χ4v) is 3.82. The summed E-state index contributed by atoms with van der Waals surface area (Å²) in [6, 6.07) is 2.30. The molecule has 2 rings (SSSR count). The van der Waals surface area contributed by atoms with Crippen LogP contribution in [0.25, 0.3) is 0 Å². The third kappa shape index (κ3) is 3.57. The zero-order valence-corrected chi connectivity index (χ0v) is 12.5. The average Bonchev–Trinajstić information content (AvgIpc) is 2.90. The van der Waals surface area contributed by atoms with E-state index in [2.05, 4.69) is 35.7 Å². The minimum Gasteiger partial charge on any atom is -0.481 e. The molecule has 1 aliphatic carbocycles. The number of carboxylic acids is 1. The van der Waals surface area contributed by atoms with E-state index in [9.17, 15) is 9.90 Å². The van der Waals surface area contributed by atoms with Crippen LogP contribution in [0.15, 0.2) is 16.8 Å². The summed E-state index contributed by atoms with van der Waals surface area (Å²) in [6.07, 6.45) is 4.08. The Morgan fingerprint density at radius 3 is 2.89 bits per heavy atom. The zero-order valence-electron chi connectivity index (χ0n) is 11.7. The summed E-state index contributed by atoms with van der Waals surface area (Å²) >= 11 is 1.70. The highest BCUT2D eigenvalue weighted by atomic mass is 32.1. The van der Waals surface area contributed by atoms with Gasteiger partial charge in [0, 0.05) is 12.6 Å². The molecule has 3 nitrogen and oxygen atoms in total. The second-order valence-electron chi connectivity index (χ2n) is 5.65. The molecular weight excluding hydrogens is 258 g/mol. The summed E-state index contributed by atoms with van der Waals surface area (Å²) in [4.78, 5) is 13.7. The van der Waals surface area contributed by atoms with Crippen molar-refractivity contribution in [2.75, 3.05) is 7.05 Å². The predicted octanol–water partition coefficient (Wildman–Crippen LogP) is 3.46. The van der Waals surface area contributed by atoms with E-state index in [1.807, 2.05) is 0 Å². The molecule has 0 aliphatic heterocycles. The predicted molar refractivity (Wildman–Crippen MR) is 78.3 cm³/mol. The minimum absolute atomic E-state index is 0.177. The molecule has 0 radical (unpaired) electrons. The highest BCUT2D eigenvalue weighted by Gasteiger charge is 2.36. The van der Waals surface area contributed by atoms with Gasteiger partial charge in [-0.25, -0.2) is 0 Å². The van der Waals surface area contributed by atoms with Crippen LogP contribution < -0.4 is 0 Å². The second kappa shape index (κ2) is 6.53. The molecule has 3 unspecified atom stereocenters. The lowest BCUT2D eigenvalue weighted by Gasteiger charge is -2.39. The summed E-state index contributed by atoms with van der Waals surface area (Å²) in [7, 11) is 2.07. The lowest BCUT2D eigenvalue weighted by Crippen LogP contribution is -2.45. The summed E-state index contributed by atoms with van der Waals surface area (Å²) < 4.78 is 0. The van der Waals surface area contributed by atoms with E-state index in [1.165, 1.54) is 5.56 Å². The van der Waals surface area contributed by atoms with Crippen molar-refractivity contribution in [1.82, 2.24) is 4.90 Å². The largest absolute Gasteiger partial charge is 0.481 e. The molecule has 0 saturated heterocycles. The fourth-order valence-electron chi connectivity index (χ4n) is 3.17. The first-order chi connectivity index (χ1) is 9.11. The maximum absolute atomic E-state index is 11.4. The van der Waals surface area contributed by atoms with Crippen LogP contribution in [0.3, 0.4) is 0 Å². The molecule has 4 heteroatoms. The summed E-state index contributed by atoms with van der Waals surface area (Å²) in [6.45, 7) is 3.07. The average molecular weight is 281 g/mol. The van der Waals surface area contributed by atoms with Gasteiger partial charge in [-0.1, -0.05) is 13.3 Å². The number of hydrogen-bond acceptors (Lipinski definition) is 3. The van der Waals surface area contributed by atoms with E-state index < -0.39 is 5.97 Å². The third-order valence-electron chi connectivity index (χ3n) is 4.40. The lowest BCUT2D eigenvalue weighted by molar-refractivity contribution is -0.146. The van der Waals surface area contributed by atoms with Crippen molar-refractivity contribution < 1.29 is 9.90 Å². The lowest BCUT2D eigenvalue weighted by atomic mass is 9.76. The molecule has 19 heavy (non-hydrogen) atoms. The van der Waals surface area contributed by atoms with Crippen LogP contribution in [0, 0.1) is 11.8 Å². The summed E-state index contributed by atoms with van der Waals surface area (Å²) in [5, 5.41) is 13.6. The Balaban J connectivity index is 2.05. The highest BCUT2D eigenvalue weighted by Crippen LogP contribution is 2.34. The maximum Gasteiger partial charge on any atom is 0.308 e. The smallest absolute Gasteiger partial charge is 0.308 e. The van der Waals surface area contributed by atoms with Gasteiger partial charge in [0.25, 0.3) is 0 Å². The molecule has 0 bridgehead atoms. The second-order valence-corrected chi connectivity index (χ2v) is 6.43. The molecule has 1 saturated carbocycles. The van der Waals surface area contributed by atoms with Crippen LogP contribution in [0.2, 0.25) is 0 Å². The van der Waals surface area contributed by atoms with Crippen molar-refractivity contribution >= 4 is 17.3 Å². The summed E-state index contributed by atoms with van der Waals surface area (Å²) in [5.74, 6) is -0.145. The van der Waals surface area contributed by atoms with Crippen LogP contribution in [0.4, 0.5) is 0 Å². The van der Waals surface area contributed by atoms with Gasteiger partial charge in [0.1, 0.15) is 0 Å². The van der Waals surface area contributed by atoms with Crippen molar-refractivity contribution in [2.24, 2.45) is 11.8 Å². The Hall–Kier alpha value is -0.870. The van der Waals surface area contributed by atoms with Gasteiger partial charge < -0.3 is 5.11 Å². The van der Waals surface area contributed by atoms with E-state index in [1.54, 1.807) is 11.3 Å². The number of hydrogen-bond donors (Lipinski definition) is 1. The number of rotatable bonds is 5. The topological polar surface area (TPSA) is 40.5 Å². The van der Waals surface area contributed by atoms with E-state index >= 15 is 0 Å². The minimum atomic E-state index is -0.628. The number of nitrogens with zero attached hydrogens (tertiary/aromatic N) is 1. The quantitative estimate of drug-likeness (QED) is 0.898. The molecule has 1 N–H and O–H groups in total. The molecular formula is C15H23NO2S. The van der Waals surface area contributed by atoms with Crippen LogP contribution >= 0.6 is 11.3 Å². The maximum atomic E-state index is 11.4. The Bertz CT molecular complexity index is 404. The van der Waals surface area contributed by atoms with Gasteiger partial charge in [0.15, 0.2) is 0 Å². The zero-order chi connectivity index (χ0) is 13.8. The van der Waals surface area contributed by atoms with Crippen molar-refractivity contribution in [3.05, 3.63) is 22.4 Å². The Kier molecular flexibility index (Phi) is 4.99. The normalized spacial score (nSPS) is 27.6. The van der Waals surface area contributed by atoms with Crippen LogP contribution in [0.5, 0.6) is 0 Å². The molecule has 0 spiro atoms. The van der Waals surface area contributed by atoms with Crippen molar-refractivity contribution in [3.63, 3.8) is 0 Å². The first-order valence-corrected chi connectivity index (χ1v) is 8.00. The monoisotopic (exact) mass is 281 g/mol. The Morgan fingerprint density at radius 2 is 2.32 bits per heavy atom. The number of carboxylic acid groups (broad SMARTS) is 1. The van der Waals surface area contributed by atoms with Crippen LogP contribution in [-0.2, 0) is 11.3 Å². The van der Waals surface area contributed by atoms with E-state index in [0.717, 1.165) is 32.2 Å². The molecule has 1 aromatic rings. The number of aliphatic carboxylic acids is 1. The molecule has 0 aromatic carbocycles. The first-order valence-electron chi connectivity index (χ1n) is 7.06. The molecule has 3 atom stereocenters. The number of thiophene rings is 1. The van der Waals surface area contributed by atoms with Gasteiger partial charge >= 0.3 is 5.97 Å². The molecule has 1 fully saturated rings. The summed E-state index contributed by atoms with van der Waals surface area (Å²) in [5.41, 5.74) is 1.29. The van der Waals surface area contributed by atoms with Gasteiger partial charge in [-0.3, -0.25) is 9.69 Å². The molecule has 1 heterocycles. The van der Waals surface area contributed by atoms with Crippen LogP contribution in [0.1, 0.15) is 38.2 Å². The molecule has 1 aromatic heterocycles. The van der Waals surface area contributed by atoms with Gasteiger partial charge in [0.2, 0.25) is 0 Å². The van der Waals surface area contributed by atoms with Gasteiger partial charge in [0.05, 0.1) is 5.92 Å². The van der Waals surface area contributed by atoms with E-state index in [-0.39, 0.29) is 12.0 Å². The Morgan fingerprint density at radius 1 is 1.53 bits per heavy atom. The van der Waals surface area contributed by atoms with Crippen molar-refractivity contribution in [1.29, 1.82) is 0 Å². The number of carbonyl (C=O) groups is 1. The van der Waals surface area contributed by atoms with Gasteiger partial charge in [-0.2, -0.15) is 11.3 Å². The van der Waals surface area contributed by atoms with Crippen molar-refractivity contribution in [2.45, 2.75) is 45.2 Å². The highest BCUT2D eigenvalue weighted by molar-refractivity contribution is 7.07. The standard InChI is InChI=1S/C15H23NO2S/c1-3-11-4-5-13(15(17)18)14(8-11)16(2)9-12-6-7-19-10-12/h6-7,10-11,13-14H,3-5,8-9H2,1-2H3,(H,17,18). The first kappa shape index (κ1) is 14.5. The fraction of sp³-hybridized carbons (Fsp3) is 0.667. The molecule has 1 aliphatic rings. The molecule has 106 valence electrons. The van der Waals surface area contributed by atoms with Gasteiger partial charge in [-0.05, 0) is 54.6 Å². The third-order valence-corrected chi connectivity index (χ3v) is 5.13. The van der Waals surface area contributed by atoms with E-state index in [0.29, 0.717) is 5.92 Å². The van der Waals surface area contributed by atoms with Gasteiger partial charge in [-0.15, -0.1) is 0 Å². The SMILES string of the molecule is CCC1CCC(C(=O)O)C(N(C)Cc2ccsc2)C1. The Labute approximate surface area is 119 Å². The van der Waals surface area contributed by atoms with Crippen molar-refractivity contribution in [3.8, 4) is 0 Å². The van der Waals surface area contributed by atoms with E-state index in [4.69, 9.17) is 0 Å².